The number of aromatic nitrogens is 1. The van der Waals surface area contributed by atoms with E-state index in [-0.39, 0.29) is 11.7 Å². The molecule has 3 heteroatoms. The van der Waals surface area contributed by atoms with Gasteiger partial charge in [0.2, 0.25) is 0 Å². The van der Waals surface area contributed by atoms with E-state index in [9.17, 15) is 9.90 Å². The number of pyridine rings is 1. The first-order chi connectivity index (χ1) is 7.68. The van der Waals surface area contributed by atoms with Crippen molar-refractivity contribution < 1.29 is 9.90 Å². The Morgan fingerprint density at radius 1 is 1.44 bits per heavy atom. The fourth-order valence-electron chi connectivity index (χ4n) is 2.46. The molecule has 1 N–H and O–H groups in total. The number of Topliss-reactive ketones (excluding diaryl/α,β-unsaturated/α-hetero) is 1. The third-order valence-corrected chi connectivity index (χ3v) is 3.45. The Bertz CT molecular complexity index is 361. The summed E-state index contributed by atoms with van der Waals surface area (Å²) in [5.41, 5.74) is 1.23. The molecule has 0 aliphatic heterocycles. The maximum Gasteiger partial charge on any atom is 0.138 e. The van der Waals surface area contributed by atoms with Gasteiger partial charge >= 0.3 is 0 Å². The van der Waals surface area contributed by atoms with Gasteiger partial charge in [0.15, 0.2) is 0 Å². The summed E-state index contributed by atoms with van der Waals surface area (Å²) in [6.45, 7) is 1.71. The lowest BCUT2D eigenvalue weighted by Crippen LogP contribution is -2.31. The highest BCUT2D eigenvalue weighted by Crippen LogP contribution is 2.35. The molecule has 0 aromatic carbocycles. The minimum absolute atomic E-state index is 0.188. The molecule has 1 fully saturated rings. The highest BCUT2D eigenvalue weighted by molar-refractivity contribution is 5.82. The Morgan fingerprint density at radius 3 is 2.75 bits per heavy atom. The van der Waals surface area contributed by atoms with E-state index in [0.29, 0.717) is 12.3 Å². The van der Waals surface area contributed by atoms with Gasteiger partial charge in [0, 0.05) is 24.7 Å². The lowest BCUT2D eigenvalue weighted by Gasteiger charge is -2.29. The molecule has 3 atom stereocenters. The van der Waals surface area contributed by atoms with E-state index in [1.807, 2.05) is 12.1 Å². The van der Waals surface area contributed by atoms with E-state index in [4.69, 9.17) is 0 Å². The number of ketones is 1. The van der Waals surface area contributed by atoms with Crippen LogP contribution in [0.3, 0.4) is 0 Å². The van der Waals surface area contributed by atoms with Crippen molar-refractivity contribution in [3.05, 3.63) is 30.1 Å². The van der Waals surface area contributed by atoms with Crippen molar-refractivity contribution >= 4 is 5.78 Å². The molecule has 1 aromatic heterocycles. The van der Waals surface area contributed by atoms with Gasteiger partial charge in [0.25, 0.3) is 0 Å². The highest BCUT2D eigenvalue weighted by Gasteiger charge is 2.32. The van der Waals surface area contributed by atoms with Crippen LogP contribution in [-0.4, -0.2) is 22.0 Å². The Balaban J connectivity index is 2.12. The number of carbonyl (C=O) groups is 1. The predicted octanol–water partition coefficient (Wildman–Crippen LogP) is 1.92. The Kier molecular flexibility index (Phi) is 3.34. The van der Waals surface area contributed by atoms with Crippen molar-refractivity contribution in [3.63, 3.8) is 0 Å². The number of hydrogen-bond donors (Lipinski definition) is 1. The number of aliphatic hydroxyl groups excluding tert-OH is 1. The van der Waals surface area contributed by atoms with Crippen LogP contribution in [0.5, 0.6) is 0 Å². The minimum atomic E-state index is -0.530. The van der Waals surface area contributed by atoms with Crippen molar-refractivity contribution in [1.82, 2.24) is 4.98 Å². The van der Waals surface area contributed by atoms with E-state index in [0.717, 1.165) is 12.8 Å². The summed E-state index contributed by atoms with van der Waals surface area (Å²) in [4.78, 5) is 15.6. The van der Waals surface area contributed by atoms with Crippen LogP contribution < -0.4 is 0 Å². The van der Waals surface area contributed by atoms with Crippen LogP contribution >= 0.6 is 0 Å². The summed E-state index contributed by atoms with van der Waals surface area (Å²) in [5.74, 6) is 0.410. The molecule has 0 bridgehead atoms. The zero-order chi connectivity index (χ0) is 11.5. The number of aliphatic hydroxyl groups is 1. The van der Waals surface area contributed by atoms with Crippen molar-refractivity contribution in [2.75, 3.05) is 0 Å². The lowest BCUT2D eigenvalue weighted by molar-refractivity contribution is -0.128. The molecular weight excluding hydrogens is 202 g/mol. The molecule has 3 nitrogen and oxygen atoms in total. The quantitative estimate of drug-likeness (QED) is 0.826. The van der Waals surface area contributed by atoms with Gasteiger partial charge < -0.3 is 5.11 Å². The topological polar surface area (TPSA) is 50.2 Å². The summed E-state index contributed by atoms with van der Waals surface area (Å²) in [6.07, 6.45) is 5.28. The second-order valence-corrected chi connectivity index (χ2v) is 4.57. The monoisotopic (exact) mass is 219 g/mol. The van der Waals surface area contributed by atoms with Crippen molar-refractivity contribution in [2.45, 2.75) is 38.2 Å². The molecule has 16 heavy (non-hydrogen) atoms. The lowest BCUT2D eigenvalue weighted by atomic mass is 9.75. The molecule has 1 aliphatic rings. The van der Waals surface area contributed by atoms with Crippen LogP contribution in [0.4, 0.5) is 0 Å². The Hall–Kier alpha value is -1.22. The van der Waals surface area contributed by atoms with Gasteiger partial charge in [0.05, 0.1) is 6.10 Å². The molecule has 1 aromatic rings. The average molecular weight is 219 g/mol. The second-order valence-electron chi connectivity index (χ2n) is 4.57. The molecule has 0 spiro atoms. The Morgan fingerprint density at radius 2 is 2.12 bits per heavy atom. The molecule has 0 unspecified atom stereocenters. The standard InChI is InChI=1S/C13H17NO2/c1-9(15)12-8-11(2-3-13(12)16)10-4-6-14-7-5-10/h4-7,9,11-12,15H,2-3,8H2,1H3/t9-,11+,12+/m0/s1. The van der Waals surface area contributed by atoms with Gasteiger partial charge in [-0.25, -0.2) is 0 Å². The Labute approximate surface area is 95.5 Å². The van der Waals surface area contributed by atoms with E-state index >= 15 is 0 Å². The molecule has 2 rings (SSSR count). The highest BCUT2D eigenvalue weighted by atomic mass is 16.3. The first-order valence-electron chi connectivity index (χ1n) is 5.79. The number of carbonyl (C=O) groups excluding carboxylic acids is 1. The van der Waals surface area contributed by atoms with Crippen LogP contribution in [0.15, 0.2) is 24.5 Å². The van der Waals surface area contributed by atoms with E-state index in [2.05, 4.69) is 4.98 Å². The molecule has 1 heterocycles. The molecule has 0 radical (unpaired) electrons. The third kappa shape index (κ3) is 2.30. The summed E-state index contributed by atoms with van der Waals surface area (Å²) >= 11 is 0. The van der Waals surface area contributed by atoms with Crippen LogP contribution in [0.1, 0.15) is 37.7 Å². The van der Waals surface area contributed by atoms with E-state index in [1.54, 1.807) is 19.3 Å². The SMILES string of the molecule is C[C@H](O)[C@H]1C[C@H](c2ccncc2)CCC1=O. The fourth-order valence-corrected chi connectivity index (χ4v) is 2.46. The number of hydrogen-bond acceptors (Lipinski definition) is 3. The summed E-state index contributed by atoms with van der Waals surface area (Å²) < 4.78 is 0. The van der Waals surface area contributed by atoms with Crippen LogP contribution in [0, 0.1) is 5.92 Å². The largest absolute Gasteiger partial charge is 0.393 e. The van der Waals surface area contributed by atoms with Crippen molar-refractivity contribution in [1.29, 1.82) is 0 Å². The van der Waals surface area contributed by atoms with Crippen LogP contribution in [-0.2, 0) is 4.79 Å². The smallest absolute Gasteiger partial charge is 0.138 e. The van der Waals surface area contributed by atoms with Gasteiger partial charge in [-0.05, 0) is 43.4 Å². The van der Waals surface area contributed by atoms with E-state index < -0.39 is 6.10 Å². The van der Waals surface area contributed by atoms with Crippen molar-refractivity contribution in [3.8, 4) is 0 Å². The second kappa shape index (κ2) is 4.74. The molecule has 1 aliphatic carbocycles. The molecule has 0 saturated heterocycles. The average Bonchev–Trinajstić information content (AvgIpc) is 2.30. The van der Waals surface area contributed by atoms with Gasteiger partial charge in [-0.3, -0.25) is 9.78 Å². The van der Waals surface area contributed by atoms with Crippen LogP contribution in [0.25, 0.3) is 0 Å². The minimum Gasteiger partial charge on any atom is -0.393 e. The maximum absolute atomic E-state index is 11.6. The summed E-state index contributed by atoms with van der Waals surface area (Å²) in [7, 11) is 0. The van der Waals surface area contributed by atoms with Crippen LogP contribution in [0.2, 0.25) is 0 Å². The van der Waals surface area contributed by atoms with E-state index in [1.165, 1.54) is 5.56 Å². The summed E-state index contributed by atoms with van der Waals surface area (Å²) in [6, 6.07) is 4.00. The molecule has 1 saturated carbocycles. The van der Waals surface area contributed by atoms with Gasteiger partial charge in [0.1, 0.15) is 5.78 Å². The predicted molar refractivity (Wildman–Crippen MR) is 61.0 cm³/mol. The summed E-state index contributed by atoms with van der Waals surface area (Å²) in [5, 5.41) is 9.58. The molecular formula is C13H17NO2. The maximum atomic E-state index is 11.6. The zero-order valence-electron chi connectivity index (χ0n) is 9.47. The number of rotatable bonds is 2. The fraction of sp³-hybridized carbons (Fsp3) is 0.538. The normalized spacial score (nSPS) is 27.8. The molecule has 86 valence electrons. The zero-order valence-corrected chi connectivity index (χ0v) is 9.47. The first-order valence-corrected chi connectivity index (χ1v) is 5.79. The van der Waals surface area contributed by atoms with Gasteiger partial charge in [-0.2, -0.15) is 0 Å². The number of nitrogens with zero attached hydrogens (tertiary/aromatic N) is 1. The van der Waals surface area contributed by atoms with Gasteiger partial charge in [-0.1, -0.05) is 0 Å². The van der Waals surface area contributed by atoms with Crippen molar-refractivity contribution in [2.24, 2.45) is 5.92 Å². The first kappa shape index (κ1) is 11.3. The third-order valence-electron chi connectivity index (χ3n) is 3.45. The van der Waals surface area contributed by atoms with Gasteiger partial charge in [-0.15, -0.1) is 0 Å². The molecule has 0 amide bonds.